The molecule has 0 spiro atoms. The number of thioether (sulfide) groups is 1. The molecular formula is C20H18ClF4N3O4S. The number of amides is 1. The van der Waals surface area contributed by atoms with Crippen LogP contribution in [0.15, 0.2) is 15.9 Å². The monoisotopic (exact) mass is 507 g/mol. The highest BCUT2D eigenvalue weighted by atomic mass is 35.5. The third kappa shape index (κ3) is 3.92. The molecule has 178 valence electrons. The number of rotatable bonds is 4. The van der Waals surface area contributed by atoms with Gasteiger partial charge in [-0.3, -0.25) is 9.59 Å². The molecule has 0 aliphatic carbocycles. The molecule has 1 aromatic carbocycles. The van der Waals surface area contributed by atoms with Gasteiger partial charge in [0.05, 0.1) is 38.6 Å². The Morgan fingerprint density at radius 2 is 2.06 bits per heavy atom. The number of hydrogen-bond donors (Lipinski definition) is 1. The molecule has 2 aromatic rings. The van der Waals surface area contributed by atoms with Crippen molar-refractivity contribution in [3.63, 3.8) is 0 Å². The predicted molar refractivity (Wildman–Crippen MR) is 115 cm³/mol. The van der Waals surface area contributed by atoms with Gasteiger partial charge in [0, 0.05) is 19.1 Å². The first kappa shape index (κ1) is 23.7. The minimum Gasteiger partial charge on any atom is -0.462 e. The van der Waals surface area contributed by atoms with E-state index in [1.165, 1.54) is 16.7 Å². The van der Waals surface area contributed by atoms with Gasteiger partial charge in [-0.15, -0.1) is 0 Å². The zero-order valence-corrected chi connectivity index (χ0v) is 19.0. The molecule has 1 fully saturated rings. The number of anilines is 1. The highest BCUT2D eigenvalue weighted by Crippen LogP contribution is 2.49. The lowest BCUT2D eigenvalue weighted by Gasteiger charge is -2.34. The van der Waals surface area contributed by atoms with Crippen molar-refractivity contribution < 1.29 is 31.9 Å². The lowest BCUT2D eigenvalue weighted by Crippen LogP contribution is -2.44. The van der Waals surface area contributed by atoms with Gasteiger partial charge in [0.2, 0.25) is 5.43 Å². The Morgan fingerprint density at radius 3 is 2.67 bits per heavy atom. The molecule has 2 aliphatic rings. The van der Waals surface area contributed by atoms with Gasteiger partial charge in [0.15, 0.2) is 0 Å². The van der Waals surface area contributed by atoms with Crippen LogP contribution in [0.25, 0.3) is 10.9 Å². The van der Waals surface area contributed by atoms with E-state index in [-0.39, 0.29) is 58.7 Å². The molecular weight excluding hydrogens is 490 g/mol. The van der Waals surface area contributed by atoms with Crippen LogP contribution < -0.4 is 15.6 Å². The van der Waals surface area contributed by atoms with Gasteiger partial charge in [0.1, 0.15) is 11.4 Å². The van der Waals surface area contributed by atoms with Gasteiger partial charge >= 0.3 is 18.1 Å². The third-order valence-electron chi connectivity index (χ3n) is 5.54. The summed E-state index contributed by atoms with van der Waals surface area (Å²) in [5.41, 5.74) is -0.741. The van der Waals surface area contributed by atoms with Crippen molar-refractivity contribution in [3.05, 3.63) is 32.7 Å². The summed E-state index contributed by atoms with van der Waals surface area (Å²) >= 11 is 7.83. The second-order valence-corrected chi connectivity index (χ2v) is 9.32. The van der Waals surface area contributed by atoms with Crippen LogP contribution in [-0.2, 0) is 9.53 Å². The van der Waals surface area contributed by atoms with Gasteiger partial charge < -0.3 is 19.5 Å². The Kier molecular flexibility index (Phi) is 6.02. The zero-order valence-electron chi connectivity index (χ0n) is 17.4. The van der Waals surface area contributed by atoms with E-state index in [2.05, 4.69) is 0 Å². The lowest BCUT2D eigenvalue weighted by molar-refractivity contribution is -0.174. The Labute approximate surface area is 194 Å². The molecule has 4 rings (SSSR count). The number of benzene rings is 1. The number of ether oxygens (including phenoxy) is 1. The molecule has 1 unspecified atom stereocenters. The van der Waals surface area contributed by atoms with E-state index in [0.717, 1.165) is 6.07 Å². The number of carbonyl (C=O) groups excluding carboxylic acids is 2. The molecule has 7 nitrogen and oxygen atoms in total. The topological polar surface area (TPSA) is 80.6 Å². The van der Waals surface area contributed by atoms with Crippen LogP contribution in [0.2, 0.25) is 5.02 Å². The average molecular weight is 508 g/mol. The second kappa shape index (κ2) is 8.39. The largest absolute Gasteiger partial charge is 0.471 e. The Hall–Kier alpha value is -2.47. The van der Waals surface area contributed by atoms with Gasteiger partial charge in [-0.05, 0) is 26.3 Å². The van der Waals surface area contributed by atoms with Gasteiger partial charge in [-0.2, -0.15) is 13.2 Å². The number of hydrogen-bond acceptors (Lipinski definition) is 6. The molecule has 0 radical (unpaired) electrons. The number of alkyl halides is 3. The number of aromatic nitrogens is 1. The molecule has 2 atom stereocenters. The number of fused-ring (bicyclic) bond motifs is 3. The van der Waals surface area contributed by atoms with Crippen LogP contribution in [0.3, 0.4) is 0 Å². The van der Waals surface area contributed by atoms with E-state index in [1.54, 1.807) is 11.5 Å². The lowest BCUT2D eigenvalue weighted by atomic mass is 10.1. The maximum absolute atomic E-state index is 15.2. The standard InChI is InChI=1S/C20H18ClF4N3O4S/c1-3-32-18(30)12-16(29)10-6-11(22)15(13(21)14(10)28-8(2)33-17(12)28)27-5-4-9(7-27)26-19(31)20(23,24)25/h6,8-9H,3-5,7H2,1-2H3,(H,26,31)/t8?,9-/m0/s1. The summed E-state index contributed by atoms with van der Waals surface area (Å²) in [5.74, 6) is -3.73. The quantitative estimate of drug-likeness (QED) is 0.500. The Balaban J connectivity index is 1.77. The fraction of sp³-hybridized carbons (Fsp3) is 0.450. The molecule has 1 N–H and O–H groups in total. The summed E-state index contributed by atoms with van der Waals surface area (Å²) in [7, 11) is 0. The van der Waals surface area contributed by atoms with Crippen LogP contribution in [0, 0.1) is 5.82 Å². The van der Waals surface area contributed by atoms with Crippen LogP contribution in [0.1, 0.15) is 36.0 Å². The van der Waals surface area contributed by atoms with Crippen LogP contribution in [0.4, 0.5) is 23.2 Å². The molecule has 13 heteroatoms. The normalized spacial score (nSPS) is 19.9. The van der Waals surface area contributed by atoms with E-state index in [9.17, 15) is 27.6 Å². The molecule has 2 aliphatic heterocycles. The Bertz CT molecular complexity index is 1230. The summed E-state index contributed by atoms with van der Waals surface area (Å²) in [5, 5.41) is 1.86. The van der Waals surface area contributed by atoms with Crippen molar-refractivity contribution in [2.24, 2.45) is 0 Å². The van der Waals surface area contributed by atoms with Gasteiger partial charge in [0.25, 0.3) is 0 Å². The smallest absolute Gasteiger partial charge is 0.462 e. The maximum Gasteiger partial charge on any atom is 0.471 e. The first-order valence-electron chi connectivity index (χ1n) is 10.0. The minimum atomic E-state index is -5.02. The predicted octanol–water partition coefficient (Wildman–Crippen LogP) is 3.85. The fourth-order valence-corrected chi connectivity index (χ4v) is 5.65. The summed E-state index contributed by atoms with van der Waals surface area (Å²) in [4.78, 5) is 38.1. The number of esters is 1. The zero-order chi connectivity index (χ0) is 24.2. The van der Waals surface area contributed by atoms with Crippen molar-refractivity contribution in [3.8, 4) is 0 Å². The van der Waals surface area contributed by atoms with Crippen LogP contribution in [-0.4, -0.2) is 48.4 Å². The van der Waals surface area contributed by atoms with E-state index in [4.69, 9.17) is 16.3 Å². The Morgan fingerprint density at radius 1 is 1.36 bits per heavy atom. The SMILES string of the molecule is CCOC(=O)c1c2n(c3c(Cl)c(N4CC[C@H](NC(=O)C(F)(F)F)C4)c(F)cc3c1=O)C(C)S2. The molecule has 33 heavy (non-hydrogen) atoms. The van der Waals surface area contributed by atoms with Gasteiger partial charge in [-0.25, -0.2) is 9.18 Å². The first-order valence-corrected chi connectivity index (χ1v) is 11.3. The maximum atomic E-state index is 15.2. The molecule has 0 bridgehead atoms. The first-order chi connectivity index (χ1) is 15.5. The summed E-state index contributed by atoms with van der Waals surface area (Å²) in [6.07, 6.45) is -4.87. The van der Waals surface area contributed by atoms with Crippen LogP contribution >= 0.6 is 23.4 Å². The molecule has 1 amide bonds. The van der Waals surface area contributed by atoms with Crippen LogP contribution in [0.5, 0.6) is 0 Å². The summed E-state index contributed by atoms with van der Waals surface area (Å²) in [6.45, 7) is 3.53. The molecule has 0 saturated carbocycles. The number of carbonyl (C=O) groups is 2. The fourth-order valence-electron chi connectivity index (χ4n) is 4.11. The van der Waals surface area contributed by atoms with Crippen molar-refractivity contribution in [2.45, 2.75) is 42.9 Å². The highest BCUT2D eigenvalue weighted by Gasteiger charge is 2.41. The minimum absolute atomic E-state index is 0.0605. The third-order valence-corrected chi connectivity index (χ3v) is 7.07. The van der Waals surface area contributed by atoms with E-state index < -0.39 is 35.3 Å². The number of halogens is 5. The average Bonchev–Trinajstić information content (AvgIpc) is 3.16. The molecule has 1 aromatic heterocycles. The van der Waals surface area contributed by atoms with Crippen molar-refractivity contribution >= 4 is 51.8 Å². The molecule has 1 saturated heterocycles. The van der Waals surface area contributed by atoms with E-state index in [1.807, 2.05) is 12.2 Å². The number of pyridine rings is 1. The van der Waals surface area contributed by atoms with Gasteiger partial charge in [-0.1, -0.05) is 23.4 Å². The van der Waals surface area contributed by atoms with E-state index >= 15 is 4.39 Å². The summed E-state index contributed by atoms with van der Waals surface area (Å²) in [6, 6.07) is 0.128. The van der Waals surface area contributed by atoms with Crippen molar-refractivity contribution in [1.29, 1.82) is 0 Å². The van der Waals surface area contributed by atoms with Crippen molar-refractivity contribution in [2.75, 3.05) is 24.6 Å². The highest BCUT2D eigenvalue weighted by molar-refractivity contribution is 8.00. The van der Waals surface area contributed by atoms with E-state index in [0.29, 0.717) is 5.03 Å². The summed E-state index contributed by atoms with van der Waals surface area (Å²) < 4.78 is 59.4. The number of nitrogens with one attached hydrogen (secondary N) is 1. The number of nitrogens with zero attached hydrogens (tertiary/aromatic N) is 2. The van der Waals surface area contributed by atoms with Crippen molar-refractivity contribution in [1.82, 2.24) is 9.88 Å². The second-order valence-electron chi connectivity index (χ2n) is 7.64. The molecule has 3 heterocycles.